The van der Waals surface area contributed by atoms with Gasteiger partial charge >= 0.3 is 6.18 Å². The molecular formula is C10H10ClF6N. The summed E-state index contributed by atoms with van der Waals surface area (Å²) in [5.74, 6) is -0.947. The first-order chi connectivity index (χ1) is 7.71. The van der Waals surface area contributed by atoms with Crippen LogP contribution in [0.4, 0.5) is 26.3 Å². The molecule has 1 nitrogen and oxygen atoms in total. The smallest absolute Gasteiger partial charge is 0.324 e. The topological polar surface area (TPSA) is 26.0 Å². The summed E-state index contributed by atoms with van der Waals surface area (Å²) < 4.78 is 74.4. The van der Waals surface area contributed by atoms with Gasteiger partial charge in [0.25, 0.3) is 0 Å². The van der Waals surface area contributed by atoms with Gasteiger partial charge in [0, 0.05) is 12.5 Å². The van der Waals surface area contributed by atoms with Crippen molar-refractivity contribution in [2.45, 2.75) is 25.1 Å². The molecule has 0 amide bonds. The lowest BCUT2D eigenvalue weighted by atomic mass is 9.98. The van der Waals surface area contributed by atoms with Gasteiger partial charge in [0.2, 0.25) is 6.43 Å². The number of alkyl halides is 5. The molecule has 18 heavy (non-hydrogen) atoms. The van der Waals surface area contributed by atoms with Crippen LogP contribution in [0.3, 0.4) is 0 Å². The molecule has 0 aliphatic heterocycles. The number of halogens is 7. The van der Waals surface area contributed by atoms with Crippen LogP contribution >= 0.6 is 12.4 Å². The molecule has 0 aliphatic carbocycles. The fourth-order valence-electron chi connectivity index (χ4n) is 1.42. The van der Waals surface area contributed by atoms with Gasteiger partial charge < -0.3 is 5.73 Å². The van der Waals surface area contributed by atoms with E-state index < -0.39 is 42.0 Å². The molecule has 1 aromatic rings. The molecule has 2 N–H and O–H groups in total. The Morgan fingerprint density at radius 1 is 1.17 bits per heavy atom. The summed E-state index contributed by atoms with van der Waals surface area (Å²) in [4.78, 5) is 0. The molecule has 0 bridgehead atoms. The second kappa shape index (κ2) is 6.29. The summed E-state index contributed by atoms with van der Waals surface area (Å²) in [6, 6.07) is 0.0927. The van der Waals surface area contributed by atoms with Crippen LogP contribution in [0.1, 0.15) is 23.6 Å². The van der Waals surface area contributed by atoms with E-state index in [1.54, 1.807) is 0 Å². The van der Waals surface area contributed by atoms with E-state index in [1.165, 1.54) is 0 Å². The molecule has 1 rings (SSSR count). The molecular weight excluding hydrogens is 284 g/mol. The molecule has 0 radical (unpaired) electrons. The van der Waals surface area contributed by atoms with Crippen LogP contribution in [0.2, 0.25) is 0 Å². The van der Waals surface area contributed by atoms with Gasteiger partial charge in [-0.25, -0.2) is 13.2 Å². The van der Waals surface area contributed by atoms with Crippen molar-refractivity contribution in [1.82, 2.24) is 0 Å². The van der Waals surface area contributed by atoms with Crippen molar-refractivity contribution in [3.05, 3.63) is 35.1 Å². The Morgan fingerprint density at radius 3 is 2.17 bits per heavy atom. The van der Waals surface area contributed by atoms with Crippen LogP contribution < -0.4 is 5.73 Å². The third kappa shape index (κ3) is 4.38. The predicted molar refractivity (Wildman–Crippen MR) is 56.2 cm³/mol. The van der Waals surface area contributed by atoms with Crippen molar-refractivity contribution >= 4 is 12.4 Å². The van der Waals surface area contributed by atoms with Crippen molar-refractivity contribution < 1.29 is 26.3 Å². The van der Waals surface area contributed by atoms with Gasteiger partial charge in [-0.1, -0.05) is 0 Å². The highest BCUT2D eigenvalue weighted by molar-refractivity contribution is 5.85. The fourth-order valence-corrected chi connectivity index (χ4v) is 1.42. The largest absolute Gasteiger partial charge is 0.416 e. The minimum absolute atomic E-state index is 0. The lowest BCUT2D eigenvalue weighted by Crippen LogP contribution is -2.19. The average molecular weight is 294 g/mol. The van der Waals surface area contributed by atoms with E-state index >= 15 is 0 Å². The van der Waals surface area contributed by atoms with E-state index in [9.17, 15) is 26.3 Å². The number of nitrogens with two attached hydrogens (primary N) is 1. The first kappa shape index (κ1) is 17.1. The van der Waals surface area contributed by atoms with Crippen LogP contribution in [0.15, 0.2) is 18.2 Å². The van der Waals surface area contributed by atoms with Gasteiger partial charge in [-0.2, -0.15) is 13.2 Å². The van der Waals surface area contributed by atoms with E-state index in [0.717, 1.165) is 0 Å². The average Bonchev–Trinajstić information content (AvgIpc) is 2.14. The Hall–Kier alpha value is -0.950. The highest BCUT2D eigenvalue weighted by Crippen LogP contribution is 2.35. The van der Waals surface area contributed by atoms with Gasteiger partial charge in [0.1, 0.15) is 5.82 Å². The van der Waals surface area contributed by atoms with Gasteiger partial charge in [-0.15, -0.1) is 12.4 Å². The second-order valence-corrected chi connectivity index (χ2v) is 3.46. The second-order valence-electron chi connectivity index (χ2n) is 3.46. The summed E-state index contributed by atoms with van der Waals surface area (Å²) in [6.07, 6.45) is -8.55. The molecule has 0 saturated carbocycles. The normalized spacial score (nSPS) is 13.3. The molecule has 0 aromatic heterocycles. The van der Waals surface area contributed by atoms with Crippen molar-refractivity contribution in [2.75, 3.05) is 0 Å². The maximum absolute atomic E-state index is 12.8. The highest BCUT2D eigenvalue weighted by atomic mass is 35.5. The van der Waals surface area contributed by atoms with Gasteiger partial charge in [-0.3, -0.25) is 0 Å². The molecule has 104 valence electrons. The molecule has 0 aliphatic rings. The third-order valence-corrected chi connectivity index (χ3v) is 2.15. The summed E-state index contributed by atoms with van der Waals surface area (Å²) in [5.41, 5.74) is 3.37. The number of benzene rings is 1. The summed E-state index contributed by atoms with van der Waals surface area (Å²) >= 11 is 0. The minimum Gasteiger partial charge on any atom is -0.324 e. The van der Waals surface area contributed by atoms with E-state index in [4.69, 9.17) is 5.73 Å². The minimum atomic E-state index is -4.75. The van der Waals surface area contributed by atoms with E-state index in [0.29, 0.717) is 18.2 Å². The van der Waals surface area contributed by atoms with Gasteiger partial charge in [0.05, 0.1) is 5.56 Å². The molecule has 0 spiro atoms. The zero-order valence-electron chi connectivity index (χ0n) is 8.85. The number of hydrogen-bond donors (Lipinski definition) is 1. The van der Waals surface area contributed by atoms with Crippen molar-refractivity contribution in [1.29, 1.82) is 0 Å². The molecule has 0 heterocycles. The lowest BCUT2D eigenvalue weighted by molar-refractivity contribution is -0.138. The number of rotatable bonds is 3. The quantitative estimate of drug-likeness (QED) is 0.840. The van der Waals surface area contributed by atoms with Crippen molar-refractivity contribution in [3.63, 3.8) is 0 Å². The van der Waals surface area contributed by atoms with Gasteiger partial charge in [-0.05, 0) is 23.8 Å². The van der Waals surface area contributed by atoms with Crippen molar-refractivity contribution in [2.24, 2.45) is 5.73 Å². The summed E-state index contributed by atoms with van der Waals surface area (Å²) in [7, 11) is 0. The molecule has 0 unspecified atom stereocenters. The lowest BCUT2D eigenvalue weighted by Gasteiger charge is -2.18. The zero-order valence-corrected chi connectivity index (χ0v) is 9.66. The van der Waals surface area contributed by atoms with Crippen LogP contribution in [0.25, 0.3) is 0 Å². The number of hydrogen-bond acceptors (Lipinski definition) is 1. The molecule has 1 aromatic carbocycles. The van der Waals surface area contributed by atoms with E-state index in [2.05, 4.69) is 0 Å². The Kier molecular flexibility index (Phi) is 5.95. The van der Waals surface area contributed by atoms with E-state index in [-0.39, 0.29) is 12.4 Å². The molecule has 8 heteroatoms. The maximum Gasteiger partial charge on any atom is 0.416 e. The maximum atomic E-state index is 12.8. The molecule has 1 atom stereocenters. The predicted octanol–water partition coefficient (Wildman–Crippen LogP) is 3.92. The van der Waals surface area contributed by atoms with Crippen LogP contribution in [-0.2, 0) is 6.18 Å². The fraction of sp³-hybridized carbons (Fsp3) is 0.400. The summed E-state index contributed by atoms with van der Waals surface area (Å²) in [6.45, 7) is 0. The zero-order chi connectivity index (χ0) is 13.2. The Morgan fingerprint density at radius 2 is 1.72 bits per heavy atom. The van der Waals surface area contributed by atoms with Crippen LogP contribution in [0, 0.1) is 5.82 Å². The van der Waals surface area contributed by atoms with Crippen LogP contribution in [-0.4, -0.2) is 6.43 Å². The monoisotopic (exact) mass is 293 g/mol. The Balaban J connectivity index is 0.00000289. The standard InChI is InChI=1S/C10H9F6N.ClH/c11-5-1-2-7(10(14,15)16)6(3-5)8(17)4-9(12)13;/h1-3,8-9H,4,17H2;1H/t8-;/m0./s1. The Labute approximate surface area is 105 Å². The third-order valence-electron chi connectivity index (χ3n) is 2.15. The Bertz CT molecular complexity index is 392. The van der Waals surface area contributed by atoms with Crippen molar-refractivity contribution in [3.8, 4) is 0 Å². The highest BCUT2D eigenvalue weighted by Gasteiger charge is 2.35. The SMILES string of the molecule is Cl.N[C@@H](CC(F)F)c1cc(F)ccc1C(F)(F)F. The molecule has 0 fully saturated rings. The molecule has 0 saturated heterocycles. The summed E-state index contributed by atoms with van der Waals surface area (Å²) in [5, 5.41) is 0. The first-order valence-electron chi connectivity index (χ1n) is 4.62. The van der Waals surface area contributed by atoms with E-state index in [1.807, 2.05) is 0 Å². The van der Waals surface area contributed by atoms with Gasteiger partial charge in [0.15, 0.2) is 0 Å². The first-order valence-corrected chi connectivity index (χ1v) is 4.62. The van der Waals surface area contributed by atoms with Crippen LogP contribution in [0.5, 0.6) is 0 Å².